The van der Waals surface area contributed by atoms with E-state index in [0.717, 1.165) is 39.1 Å². The molecule has 1 aromatic rings. The molecule has 0 aliphatic carbocycles. The van der Waals surface area contributed by atoms with Crippen molar-refractivity contribution in [3.63, 3.8) is 0 Å². The number of benzene rings is 1. The third kappa shape index (κ3) is 6.09. The zero-order chi connectivity index (χ0) is 17.4. The van der Waals surface area contributed by atoms with Crippen molar-refractivity contribution >= 4 is 5.91 Å². The summed E-state index contributed by atoms with van der Waals surface area (Å²) in [7, 11) is 1.72. The number of hydrogen-bond donors (Lipinski definition) is 1. The quantitative estimate of drug-likeness (QED) is 0.788. The van der Waals surface area contributed by atoms with Gasteiger partial charge in [0.15, 0.2) is 6.10 Å². The highest BCUT2D eigenvalue weighted by Crippen LogP contribution is 2.16. The topological polar surface area (TPSA) is 50.8 Å². The predicted molar refractivity (Wildman–Crippen MR) is 90.5 cm³/mol. The highest BCUT2D eigenvalue weighted by atomic mass is 19.1. The van der Waals surface area contributed by atoms with Crippen LogP contribution in [0.1, 0.15) is 19.8 Å². The summed E-state index contributed by atoms with van der Waals surface area (Å²) in [5, 5.41) is 2.96. The van der Waals surface area contributed by atoms with Crippen molar-refractivity contribution in [1.29, 1.82) is 0 Å². The molecule has 0 bridgehead atoms. The Hall–Kier alpha value is -1.66. The van der Waals surface area contributed by atoms with Crippen LogP contribution in [-0.4, -0.2) is 56.8 Å². The van der Waals surface area contributed by atoms with Crippen LogP contribution < -0.4 is 10.1 Å². The summed E-state index contributed by atoms with van der Waals surface area (Å²) in [6, 6.07) is 5.68. The predicted octanol–water partition coefficient (Wildman–Crippen LogP) is 2.07. The van der Waals surface area contributed by atoms with Crippen molar-refractivity contribution in [3.8, 4) is 5.75 Å². The van der Waals surface area contributed by atoms with Crippen LogP contribution in [0.5, 0.6) is 5.75 Å². The second-order valence-corrected chi connectivity index (χ2v) is 6.24. The minimum absolute atomic E-state index is 0.138. The maximum atomic E-state index is 12.9. The number of carbonyl (C=O) groups is 1. The van der Waals surface area contributed by atoms with E-state index in [-0.39, 0.29) is 11.7 Å². The van der Waals surface area contributed by atoms with Crippen molar-refractivity contribution in [1.82, 2.24) is 10.2 Å². The van der Waals surface area contributed by atoms with Crippen LogP contribution in [0, 0.1) is 11.7 Å². The normalized spacial score (nSPS) is 17.5. The van der Waals surface area contributed by atoms with Crippen molar-refractivity contribution < 1.29 is 18.7 Å². The third-order valence-electron chi connectivity index (χ3n) is 4.38. The van der Waals surface area contributed by atoms with E-state index < -0.39 is 6.10 Å². The van der Waals surface area contributed by atoms with E-state index in [1.807, 2.05) is 0 Å². The fourth-order valence-corrected chi connectivity index (χ4v) is 2.79. The maximum absolute atomic E-state index is 12.9. The third-order valence-corrected chi connectivity index (χ3v) is 4.38. The van der Waals surface area contributed by atoms with Gasteiger partial charge in [0.25, 0.3) is 5.91 Å². The molecular formula is C18H27FN2O3. The summed E-state index contributed by atoms with van der Waals surface area (Å²) in [5.41, 5.74) is 0. The van der Waals surface area contributed by atoms with Crippen LogP contribution in [0.4, 0.5) is 4.39 Å². The number of halogens is 1. The molecule has 1 fully saturated rings. The Morgan fingerprint density at radius 3 is 2.62 bits per heavy atom. The van der Waals surface area contributed by atoms with Crippen molar-refractivity contribution in [2.75, 3.05) is 39.9 Å². The summed E-state index contributed by atoms with van der Waals surface area (Å²) >= 11 is 0. The zero-order valence-corrected chi connectivity index (χ0v) is 14.5. The largest absolute Gasteiger partial charge is 0.481 e. The maximum Gasteiger partial charge on any atom is 0.260 e. The molecular weight excluding hydrogens is 311 g/mol. The van der Waals surface area contributed by atoms with Crippen LogP contribution in [0.15, 0.2) is 24.3 Å². The number of carbonyl (C=O) groups excluding carboxylic acids is 1. The van der Waals surface area contributed by atoms with Gasteiger partial charge in [-0.3, -0.25) is 4.79 Å². The fourth-order valence-electron chi connectivity index (χ4n) is 2.79. The zero-order valence-electron chi connectivity index (χ0n) is 14.5. The van der Waals surface area contributed by atoms with Crippen LogP contribution in [0.25, 0.3) is 0 Å². The van der Waals surface area contributed by atoms with Crippen LogP contribution in [0.2, 0.25) is 0 Å². The fraction of sp³-hybridized carbons (Fsp3) is 0.611. The molecule has 1 aliphatic heterocycles. The number of piperidine rings is 1. The van der Waals surface area contributed by atoms with E-state index in [1.54, 1.807) is 14.0 Å². The molecule has 24 heavy (non-hydrogen) atoms. The molecule has 1 aliphatic rings. The summed E-state index contributed by atoms with van der Waals surface area (Å²) in [4.78, 5) is 14.5. The van der Waals surface area contributed by atoms with E-state index in [9.17, 15) is 9.18 Å². The number of nitrogens with zero attached hydrogens (tertiary/aromatic N) is 1. The van der Waals surface area contributed by atoms with Crippen LogP contribution in [0.3, 0.4) is 0 Å². The monoisotopic (exact) mass is 338 g/mol. The van der Waals surface area contributed by atoms with Crippen LogP contribution in [-0.2, 0) is 9.53 Å². The van der Waals surface area contributed by atoms with E-state index >= 15 is 0 Å². The van der Waals surface area contributed by atoms with Gasteiger partial charge in [-0.05, 0) is 63.0 Å². The summed E-state index contributed by atoms with van der Waals surface area (Å²) < 4.78 is 23.5. The molecule has 0 radical (unpaired) electrons. The summed E-state index contributed by atoms with van der Waals surface area (Å²) in [6.45, 7) is 6.20. The van der Waals surface area contributed by atoms with E-state index in [2.05, 4.69) is 10.2 Å². The number of nitrogens with one attached hydrogen (secondary N) is 1. The SMILES string of the molecule is COCCN1CCC(CNC(=O)[C@@H](C)Oc2ccc(F)cc2)CC1. The average Bonchev–Trinajstić information content (AvgIpc) is 2.60. The van der Waals surface area contributed by atoms with Gasteiger partial charge in [0.1, 0.15) is 11.6 Å². The lowest BCUT2D eigenvalue weighted by atomic mass is 9.97. The molecule has 0 saturated carbocycles. The van der Waals surface area contributed by atoms with Crippen molar-refractivity contribution in [2.24, 2.45) is 5.92 Å². The van der Waals surface area contributed by atoms with E-state index in [4.69, 9.17) is 9.47 Å². The Balaban J connectivity index is 1.66. The number of rotatable bonds is 8. The first-order valence-corrected chi connectivity index (χ1v) is 8.49. The number of ether oxygens (including phenoxy) is 2. The second kappa shape index (κ2) is 9.59. The molecule has 1 aromatic carbocycles. The van der Waals surface area contributed by atoms with Crippen molar-refractivity contribution in [3.05, 3.63) is 30.1 Å². The Kier molecular flexibility index (Phi) is 7.46. The molecule has 1 N–H and O–H groups in total. The molecule has 1 atom stereocenters. The molecule has 2 rings (SSSR count). The lowest BCUT2D eigenvalue weighted by Crippen LogP contribution is -2.42. The molecule has 1 saturated heterocycles. The smallest absolute Gasteiger partial charge is 0.260 e. The van der Waals surface area contributed by atoms with Crippen LogP contribution >= 0.6 is 0 Å². The highest BCUT2D eigenvalue weighted by Gasteiger charge is 2.21. The molecule has 5 nitrogen and oxygen atoms in total. The minimum atomic E-state index is -0.600. The molecule has 0 aromatic heterocycles. The number of likely N-dealkylation sites (tertiary alicyclic amines) is 1. The molecule has 1 heterocycles. The number of amides is 1. The van der Waals surface area contributed by atoms with Gasteiger partial charge in [0.2, 0.25) is 0 Å². The highest BCUT2D eigenvalue weighted by molar-refractivity contribution is 5.80. The lowest BCUT2D eigenvalue weighted by Gasteiger charge is -2.31. The van der Waals surface area contributed by atoms with Gasteiger partial charge in [-0.25, -0.2) is 4.39 Å². The van der Waals surface area contributed by atoms with Gasteiger partial charge in [0.05, 0.1) is 6.61 Å². The summed E-state index contributed by atoms with van der Waals surface area (Å²) in [6.07, 6.45) is 1.56. The van der Waals surface area contributed by atoms with E-state index in [1.165, 1.54) is 24.3 Å². The molecule has 134 valence electrons. The Bertz CT molecular complexity index is 501. The standard InChI is InChI=1S/C18H27FN2O3/c1-14(24-17-5-3-16(19)4-6-17)18(22)20-13-15-7-9-21(10-8-15)11-12-23-2/h3-6,14-15H,7-13H2,1-2H3,(H,20,22)/t14-/m1/s1. The Morgan fingerprint density at radius 1 is 1.33 bits per heavy atom. The molecule has 1 amide bonds. The Labute approximate surface area is 143 Å². The number of hydrogen-bond acceptors (Lipinski definition) is 4. The van der Waals surface area contributed by atoms with Gasteiger partial charge in [0, 0.05) is 20.2 Å². The molecule has 6 heteroatoms. The minimum Gasteiger partial charge on any atom is -0.481 e. The van der Waals surface area contributed by atoms with Gasteiger partial charge in [-0.15, -0.1) is 0 Å². The lowest BCUT2D eigenvalue weighted by molar-refractivity contribution is -0.127. The van der Waals surface area contributed by atoms with Gasteiger partial charge >= 0.3 is 0 Å². The number of methoxy groups -OCH3 is 1. The average molecular weight is 338 g/mol. The second-order valence-electron chi connectivity index (χ2n) is 6.24. The molecule has 0 spiro atoms. The van der Waals surface area contributed by atoms with Gasteiger partial charge in [-0.2, -0.15) is 0 Å². The summed E-state index contributed by atoms with van der Waals surface area (Å²) in [5.74, 6) is 0.536. The van der Waals surface area contributed by atoms with Gasteiger partial charge < -0.3 is 19.7 Å². The first kappa shape index (κ1) is 18.7. The van der Waals surface area contributed by atoms with Gasteiger partial charge in [-0.1, -0.05) is 0 Å². The van der Waals surface area contributed by atoms with Crippen molar-refractivity contribution in [2.45, 2.75) is 25.9 Å². The van der Waals surface area contributed by atoms with E-state index in [0.29, 0.717) is 18.2 Å². The first-order valence-electron chi connectivity index (χ1n) is 8.49. The molecule has 0 unspecified atom stereocenters. The Morgan fingerprint density at radius 2 is 2.00 bits per heavy atom. The first-order chi connectivity index (χ1) is 11.6.